The summed E-state index contributed by atoms with van der Waals surface area (Å²) in [5.74, 6) is -1.04. The molecule has 82 valence electrons. The Kier molecular flexibility index (Phi) is 3.19. The molecule has 0 bridgehead atoms. The van der Waals surface area contributed by atoms with E-state index in [0.29, 0.717) is 0 Å². The third-order valence-corrected chi connectivity index (χ3v) is 1.67. The molecule has 0 aliphatic carbocycles. The number of aromatic nitrogens is 1. The van der Waals surface area contributed by atoms with Gasteiger partial charge in [0, 0.05) is 0 Å². The predicted octanol–water partition coefficient (Wildman–Crippen LogP) is 2.61. The SMILES string of the molecule is CC(C)(C)Oc1nc(Cl)ccc1C(=O)O. The summed E-state index contributed by atoms with van der Waals surface area (Å²) in [4.78, 5) is 14.7. The normalized spacial score (nSPS) is 11.2. The van der Waals surface area contributed by atoms with Crippen LogP contribution in [-0.4, -0.2) is 21.7 Å². The van der Waals surface area contributed by atoms with E-state index in [9.17, 15) is 4.79 Å². The van der Waals surface area contributed by atoms with Gasteiger partial charge < -0.3 is 9.84 Å². The lowest BCUT2D eigenvalue weighted by atomic mass is 10.2. The maximum Gasteiger partial charge on any atom is 0.341 e. The molecule has 0 aliphatic rings. The summed E-state index contributed by atoms with van der Waals surface area (Å²) in [6, 6.07) is 2.79. The van der Waals surface area contributed by atoms with Crippen molar-refractivity contribution in [2.45, 2.75) is 26.4 Å². The zero-order valence-corrected chi connectivity index (χ0v) is 9.50. The van der Waals surface area contributed by atoms with Gasteiger partial charge in [0.25, 0.3) is 0 Å². The van der Waals surface area contributed by atoms with Gasteiger partial charge in [-0.3, -0.25) is 0 Å². The number of aromatic carboxylic acids is 1. The third kappa shape index (κ3) is 3.40. The van der Waals surface area contributed by atoms with E-state index in [4.69, 9.17) is 21.4 Å². The zero-order valence-electron chi connectivity index (χ0n) is 8.74. The monoisotopic (exact) mass is 229 g/mol. The predicted molar refractivity (Wildman–Crippen MR) is 56.6 cm³/mol. The van der Waals surface area contributed by atoms with Crippen molar-refractivity contribution in [2.75, 3.05) is 0 Å². The van der Waals surface area contributed by atoms with Crippen LogP contribution < -0.4 is 4.74 Å². The first-order valence-corrected chi connectivity index (χ1v) is 4.76. The summed E-state index contributed by atoms with van der Waals surface area (Å²) in [5.41, 5.74) is -0.503. The molecule has 0 aromatic carbocycles. The highest BCUT2D eigenvalue weighted by atomic mass is 35.5. The van der Waals surface area contributed by atoms with E-state index in [1.54, 1.807) is 20.8 Å². The molecule has 15 heavy (non-hydrogen) atoms. The maximum absolute atomic E-state index is 10.9. The molecule has 4 nitrogen and oxygen atoms in total. The smallest absolute Gasteiger partial charge is 0.341 e. The van der Waals surface area contributed by atoms with Gasteiger partial charge in [-0.15, -0.1) is 0 Å². The van der Waals surface area contributed by atoms with Crippen LogP contribution in [0.2, 0.25) is 5.15 Å². The fraction of sp³-hybridized carbons (Fsp3) is 0.400. The molecule has 0 fully saturated rings. The van der Waals surface area contributed by atoms with Crippen LogP contribution in [0.4, 0.5) is 0 Å². The van der Waals surface area contributed by atoms with Crippen LogP contribution in [0.3, 0.4) is 0 Å². The molecule has 1 N–H and O–H groups in total. The maximum atomic E-state index is 10.9. The van der Waals surface area contributed by atoms with E-state index in [1.165, 1.54) is 12.1 Å². The van der Waals surface area contributed by atoms with Gasteiger partial charge in [0.05, 0.1) is 0 Å². The molecule has 0 unspecified atom stereocenters. The first-order valence-electron chi connectivity index (χ1n) is 4.38. The van der Waals surface area contributed by atoms with E-state index < -0.39 is 11.6 Å². The van der Waals surface area contributed by atoms with Crippen molar-refractivity contribution < 1.29 is 14.6 Å². The van der Waals surface area contributed by atoms with Gasteiger partial charge in [0.1, 0.15) is 16.3 Å². The first kappa shape index (κ1) is 11.8. The van der Waals surface area contributed by atoms with Crippen LogP contribution in [0.15, 0.2) is 12.1 Å². The number of rotatable bonds is 2. The van der Waals surface area contributed by atoms with E-state index in [-0.39, 0.29) is 16.6 Å². The van der Waals surface area contributed by atoms with E-state index >= 15 is 0 Å². The second kappa shape index (κ2) is 4.06. The number of carbonyl (C=O) groups is 1. The molecule has 0 aliphatic heterocycles. The summed E-state index contributed by atoms with van der Waals surface area (Å²) in [7, 11) is 0. The van der Waals surface area contributed by atoms with Gasteiger partial charge in [-0.05, 0) is 32.9 Å². The quantitative estimate of drug-likeness (QED) is 0.792. The van der Waals surface area contributed by atoms with Crippen molar-refractivity contribution in [3.8, 4) is 5.88 Å². The van der Waals surface area contributed by atoms with Crippen molar-refractivity contribution in [3.63, 3.8) is 0 Å². The molecule has 0 spiro atoms. The van der Waals surface area contributed by atoms with Gasteiger partial charge >= 0.3 is 5.97 Å². The molecule has 5 heteroatoms. The van der Waals surface area contributed by atoms with E-state index in [2.05, 4.69) is 4.98 Å². The van der Waals surface area contributed by atoms with Crippen molar-refractivity contribution in [1.29, 1.82) is 0 Å². The van der Waals surface area contributed by atoms with Gasteiger partial charge in [-0.1, -0.05) is 11.6 Å². The highest BCUT2D eigenvalue weighted by molar-refractivity contribution is 6.29. The minimum atomic E-state index is -1.08. The lowest BCUT2D eigenvalue weighted by Gasteiger charge is -2.21. The van der Waals surface area contributed by atoms with Crippen LogP contribution in [0.5, 0.6) is 5.88 Å². The molecular weight excluding hydrogens is 218 g/mol. The number of carboxylic acid groups (broad SMARTS) is 1. The fourth-order valence-electron chi connectivity index (χ4n) is 0.948. The van der Waals surface area contributed by atoms with Crippen molar-refractivity contribution in [1.82, 2.24) is 4.98 Å². The highest BCUT2D eigenvalue weighted by Gasteiger charge is 2.19. The Morgan fingerprint density at radius 3 is 2.53 bits per heavy atom. The van der Waals surface area contributed by atoms with Crippen LogP contribution in [-0.2, 0) is 0 Å². The molecule has 0 amide bonds. The number of ether oxygens (including phenoxy) is 1. The number of pyridine rings is 1. The second-order valence-electron chi connectivity index (χ2n) is 4.01. The standard InChI is InChI=1S/C10H12ClNO3/c1-10(2,3)15-8-6(9(13)14)4-5-7(11)12-8/h4-5H,1-3H3,(H,13,14). The molecule has 0 atom stereocenters. The summed E-state index contributed by atoms with van der Waals surface area (Å²) >= 11 is 5.67. The van der Waals surface area contributed by atoms with Crippen LogP contribution in [0.1, 0.15) is 31.1 Å². The number of nitrogens with zero attached hydrogens (tertiary/aromatic N) is 1. The number of hydrogen-bond acceptors (Lipinski definition) is 3. The molecular formula is C10H12ClNO3. The molecule has 0 saturated carbocycles. The Morgan fingerprint density at radius 1 is 1.47 bits per heavy atom. The average Bonchev–Trinajstić information content (AvgIpc) is 1.99. The average molecular weight is 230 g/mol. The summed E-state index contributed by atoms with van der Waals surface area (Å²) in [6.45, 7) is 5.42. The molecule has 1 aromatic heterocycles. The van der Waals surface area contributed by atoms with Gasteiger partial charge in [-0.2, -0.15) is 0 Å². The van der Waals surface area contributed by atoms with Crippen molar-refractivity contribution >= 4 is 17.6 Å². The van der Waals surface area contributed by atoms with Crippen molar-refractivity contribution in [3.05, 3.63) is 22.8 Å². The summed E-state index contributed by atoms with van der Waals surface area (Å²) < 4.78 is 5.40. The number of halogens is 1. The van der Waals surface area contributed by atoms with Gasteiger partial charge in [-0.25, -0.2) is 9.78 Å². The molecule has 1 rings (SSSR count). The Labute approximate surface area is 92.8 Å². The van der Waals surface area contributed by atoms with E-state index in [0.717, 1.165) is 0 Å². The molecule has 1 heterocycles. The Bertz CT molecular complexity index is 385. The molecule has 1 aromatic rings. The van der Waals surface area contributed by atoms with Crippen LogP contribution in [0, 0.1) is 0 Å². The number of carboxylic acids is 1. The zero-order chi connectivity index (χ0) is 11.6. The minimum absolute atomic E-state index is 0.00863. The van der Waals surface area contributed by atoms with Gasteiger partial charge in [0.15, 0.2) is 0 Å². The summed E-state index contributed by atoms with van der Waals surface area (Å²) in [6.07, 6.45) is 0. The third-order valence-electron chi connectivity index (χ3n) is 1.46. The fourth-order valence-corrected chi connectivity index (χ4v) is 1.09. The summed E-state index contributed by atoms with van der Waals surface area (Å²) in [5, 5.41) is 9.10. The lowest BCUT2D eigenvalue weighted by molar-refractivity contribution is 0.0677. The first-order chi connectivity index (χ1) is 6.79. The Morgan fingerprint density at radius 2 is 2.07 bits per heavy atom. The largest absolute Gasteiger partial charge is 0.477 e. The van der Waals surface area contributed by atoms with Gasteiger partial charge in [0.2, 0.25) is 5.88 Å². The Hall–Kier alpha value is -1.29. The molecule has 0 radical (unpaired) electrons. The van der Waals surface area contributed by atoms with Crippen molar-refractivity contribution in [2.24, 2.45) is 0 Å². The van der Waals surface area contributed by atoms with Crippen LogP contribution in [0.25, 0.3) is 0 Å². The highest BCUT2D eigenvalue weighted by Crippen LogP contribution is 2.22. The lowest BCUT2D eigenvalue weighted by Crippen LogP contribution is -2.24. The number of hydrogen-bond donors (Lipinski definition) is 1. The second-order valence-corrected chi connectivity index (χ2v) is 4.39. The Balaban J connectivity index is 3.13. The van der Waals surface area contributed by atoms with Crippen LogP contribution >= 0.6 is 11.6 Å². The minimum Gasteiger partial charge on any atom is -0.477 e. The topological polar surface area (TPSA) is 59.4 Å². The van der Waals surface area contributed by atoms with E-state index in [1.807, 2.05) is 0 Å². The molecule has 0 saturated heterocycles.